The molecule has 2 heterocycles. The highest BCUT2D eigenvalue weighted by atomic mass is 16.5. The fourth-order valence-electron chi connectivity index (χ4n) is 3.50. The number of likely N-dealkylation sites (tertiary alicyclic amines) is 1. The van der Waals surface area contributed by atoms with Gasteiger partial charge in [-0.3, -0.25) is 9.59 Å². The van der Waals surface area contributed by atoms with Crippen LogP contribution in [0.4, 0.5) is 5.69 Å². The molecule has 1 aromatic carbocycles. The number of nitrogens with zero attached hydrogens (tertiary/aromatic N) is 3. The van der Waals surface area contributed by atoms with E-state index in [0.29, 0.717) is 30.1 Å². The Morgan fingerprint density at radius 1 is 1.36 bits per heavy atom. The van der Waals surface area contributed by atoms with E-state index >= 15 is 0 Å². The van der Waals surface area contributed by atoms with Crippen LogP contribution in [-0.4, -0.2) is 35.0 Å². The van der Waals surface area contributed by atoms with E-state index in [-0.39, 0.29) is 11.6 Å². The Morgan fingerprint density at radius 3 is 2.79 bits per heavy atom. The molecule has 7 heteroatoms. The molecule has 1 aliphatic heterocycles. The number of benzene rings is 1. The van der Waals surface area contributed by atoms with E-state index in [0.717, 1.165) is 24.8 Å². The number of carbonyl (C=O) groups is 2. The van der Waals surface area contributed by atoms with Gasteiger partial charge in [0.05, 0.1) is 11.5 Å². The van der Waals surface area contributed by atoms with Gasteiger partial charge in [0.2, 0.25) is 0 Å². The average molecular weight is 380 g/mol. The smallest absolute Gasteiger partial charge is 0.277 e. The van der Waals surface area contributed by atoms with Crippen molar-refractivity contribution < 1.29 is 14.1 Å². The minimum Gasteiger partial charge on any atom is -0.361 e. The molecule has 1 saturated heterocycles. The predicted molar refractivity (Wildman–Crippen MR) is 104 cm³/mol. The number of carbonyl (C=O) groups excluding carboxylic acids is 2. The highest BCUT2D eigenvalue weighted by Crippen LogP contribution is 2.33. The molecule has 0 radical (unpaired) electrons. The van der Waals surface area contributed by atoms with Crippen LogP contribution in [0.5, 0.6) is 0 Å². The third kappa shape index (κ3) is 3.91. The zero-order chi connectivity index (χ0) is 20.3. The molecular formula is C21H24N4O3. The van der Waals surface area contributed by atoms with Gasteiger partial charge in [-0.05, 0) is 50.8 Å². The lowest BCUT2D eigenvalue weighted by molar-refractivity contribution is 0.0604. The minimum atomic E-state index is -0.472. The van der Waals surface area contributed by atoms with Crippen LogP contribution < -0.4 is 5.32 Å². The number of rotatable bonds is 4. The molecule has 3 rings (SSSR count). The van der Waals surface area contributed by atoms with Gasteiger partial charge in [0, 0.05) is 30.4 Å². The molecule has 1 N–H and O–H groups in total. The van der Waals surface area contributed by atoms with Gasteiger partial charge in [-0.1, -0.05) is 18.1 Å². The topological polar surface area (TPSA) is 99.2 Å². The van der Waals surface area contributed by atoms with Gasteiger partial charge in [-0.25, -0.2) is 0 Å². The Balaban J connectivity index is 1.79. The maximum atomic E-state index is 13.0. The highest BCUT2D eigenvalue weighted by molar-refractivity contribution is 6.04. The molecule has 1 aromatic heterocycles. The second kappa shape index (κ2) is 7.85. The molecule has 2 amide bonds. The largest absolute Gasteiger partial charge is 0.361 e. The molecular weight excluding hydrogens is 356 g/mol. The first-order chi connectivity index (χ1) is 13.4. The van der Waals surface area contributed by atoms with Crippen LogP contribution in [0.1, 0.15) is 58.4 Å². The van der Waals surface area contributed by atoms with Gasteiger partial charge < -0.3 is 14.7 Å². The normalized spacial score (nSPS) is 19.1. The summed E-state index contributed by atoms with van der Waals surface area (Å²) in [7, 11) is 0. The van der Waals surface area contributed by atoms with Gasteiger partial charge in [-0.2, -0.15) is 5.26 Å². The second-order valence-corrected chi connectivity index (χ2v) is 7.38. The molecule has 1 fully saturated rings. The van der Waals surface area contributed by atoms with Crippen molar-refractivity contribution in [2.24, 2.45) is 5.41 Å². The maximum absolute atomic E-state index is 13.0. The monoisotopic (exact) mass is 380 g/mol. The molecule has 0 saturated carbocycles. The number of anilines is 1. The highest BCUT2D eigenvalue weighted by Gasteiger charge is 2.36. The first-order valence-electron chi connectivity index (χ1n) is 9.43. The summed E-state index contributed by atoms with van der Waals surface area (Å²) in [5, 5.41) is 16.1. The van der Waals surface area contributed by atoms with Crippen molar-refractivity contribution in [3.8, 4) is 6.07 Å². The van der Waals surface area contributed by atoms with Gasteiger partial charge in [0.25, 0.3) is 11.8 Å². The summed E-state index contributed by atoms with van der Waals surface area (Å²) in [5.41, 5.74) is 1.59. The Morgan fingerprint density at radius 2 is 2.14 bits per heavy atom. The molecule has 2 aromatic rings. The molecule has 0 bridgehead atoms. The summed E-state index contributed by atoms with van der Waals surface area (Å²) in [6, 6.07) is 9.19. The third-order valence-corrected chi connectivity index (χ3v) is 5.37. The number of piperidine rings is 1. The zero-order valence-corrected chi connectivity index (χ0v) is 16.4. The van der Waals surface area contributed by atoms with Crippen molar-refractivity contribution in [2.45, 2.75) is 40.0 Å². The fourth-order valence-corrected chi connectivity index (χ4v) is 3.50. The maximum Gasteiger partial charge on any atom is 0.277 e. The zero-order valence-electron chi connectivity index (χ0n) is 16.4. The van der Waals surface area contributed by atoms with E-state index in [2.05, 4.69) is 16.5 Å². The Kier molecular flexibility index (Phi) is 5.50. The number of nitriles is 1. The second-order valence-electron chi connectivity index (χ2n) is 7.38. The number of aryl methyl sites for hydroxylation is 2. The summed E-state index contributed by atoms with van der Waals surface area (Å²) in [6.45, 7) is 6.63. The SMILES string of the molecule is CCC1(C#N)CCCN(C(=O)c2ccc(C)c(NC(=O)c3cc(C)on3)c2)C1. The molecule has 28 heavy (non-hydrogen) atoms. The van der Waals surface area contributed by atoms with Crippen molar-refractivity contribution in [3.05, 3.63) is 46.8 Å². The molecule has 0 spiro atoms. The lowest BCUT2D eigenvalue weighted by atomic mass is 9.79. The third-order valence-electron chi connectivity index (χ3n) is 5.37. The Hall–Kier alpha value is -3.14. The number of amides is 2. The van der Waals surface area contributed by atoms with Crippen LogP contribution in [0.3, 0.4) is 0 Å². The summed E-state index contributed by atoms with van der Waals surface area (Å²) in [6.07, 6.45) is 2.35. The van der Waals surface area contributed by atoms with Crippen LogP contribution in [-0.2, 0) is 0 Å². The van der Waals surface area contributed by atoms with E-state index in [4.69, 9.17) is 4.52 Å². The fraction of sp³-hybridized carbons (Fsp3) is 0.429. The number of hydrogen-bond acceptors (Lipinski definition) is 5. The van der Waals surface area contributed by atoms with Crippen LogP contribution in [0, 0.1) is 30.6 Å². The first-order valence-corrected chi connectivity index (χ1v) is 9.43. The van der Waals surface area contributed by atoms with E-state index in [1.165, 1.54) is 0 Å². The van der Waals surface area contributed by atoms with Crippen LogP contribution in [0.15, 0.2) is 28.8 Å². The number of nitrogens with one attached hydrogen (secondary N) is 1. The van der Waals surface area contributed by atoms with Crippen LogP contribution in [0.25, 0.3) is 0 Å². The van der Waals surface area contributed by atoms with Crippen molar-refractivity contribution in [3.63, 3.8) is 0 Å². The van der Waals surface area contributed by atoms with Gasteiger partial charge in [-0.15, -0.1) is 0 Å². The Labute approximate surface area is 164 Å². The minimum absolute atomic E-state index is 0.124. The Bertz CT molecular complexity index is 943. The molecule has 1 unspecified atom stereocenters. The van der Waals surface area contributed by atoms with E-state index < -0.39 is 11.3 Å². The lowest BCUT2D eigenvalue weighted by Crippen LogP contribution is -2.45. The number of hydrogen-bond donors (Lipinski definition) is 1. The van der Waals surface area contributed by atoms with Crippen molar-refractivity contribution in [2.75, 3.05) is 18.4 Å². The van der Waals surface area contributed by atoms with E-state index in [1.54, 1.807) is 36.1 Å². The van der Waals surface area contributed by atoms with E-state index in [9.17, 15) is 14.9 Å². The lowest BCUT2D eigenvalue weighted by Gasteiger charge is -2.37. The van der Waals surface area contributed by atoms with E-state index in [1.807, 2.05) is 13.8 Å². The molecule has 7 nitrogen and oxygen atoms in total. The summed E-state index contributed by atoms with van der Waals surface area (Å²) >= 11 is 0. The van der Waals surface area contributed by atoms with Crippen LogP contribution in [0.2, 0.25) is 0 Å². The molecule has 1 atom stereocenters. The van der Waals surface area contributed by atoms with Gasteiger partial charge >= 0.3 is 0 Å². The van der Waals surface area contributed by atoms with Crippen molar-refractivity contribution in [1.82, 2.24) is 10.1 Å². The van der Waals surface area contributed by atoms with Crippen LogP contribution >= 0.6 is 0 Å². The summed E-state index contributed by atoms with van der Waals surface area (Å²) in [5.74, 6) is 0.0327. The van der Waals surface area contributed by atoms with Crippen molar-refractivity contribution >= 4 is 17.5 Å². The standard InChI is InChI=1S/C21H24N4O3/c1-4-21(12-22)8-5-9-25(13-21)20(27)16-7-6-14(2)17(11-16)23-19(26)18-10-15(3)28-24-18/h6-7,10-11H,4-5,8-9,13H2,1-3H3,(H,23,26). The first kappa shape index (κ1) is 19.6. The average Bonchev–Trinajstić information content (AvgIpc) is 3.15. The quantitative estimate of drug-likeness (QED) is 0.872. The molecule has 1 aliphatic rings. The van der Waals surface area contributed by atoms with Gasteiger partial charge in [0.15, 0.2) is 5.69 Å². The van der Waals surface area contributed by atoms with Crippen molar-refractivity contribution in [1.29, 1.82) is 5.26 Å². The summed E-state index contributed by atoms with van der Waals surface area (Å²) < 4.78 is 4.94. The molecule has 0 aliphatic carbocycles. The summed E-state index contributed by atoms with van der Waals surface area (Å²) in [4.78, 5) is 27.1. The number of aromatic nitrogens is 1. The predicted octanol–water partition coefficient (Wildman–Crippen LogP) is 3.70. The van der Waals surface area contributed by atoms with Gasteiger partial charge in [0.1, 0.15) is 5.76 Å². The molecule has 146 valence electrons.